The Labute approximate surface area is 142 Å². The SMILES string of the molecule is CCOc1ccc(NC(=O)C(=O)NCCN2C(=O)CSC2=O)cc1. The Balaban J connectivity index is 1.76. The standard InChI is InChI=1S/C15H17N3O5S/c1-2-23-11-5-3-10(4-6-11)17-14(21)13(20)16-7-8-18-12(19)9-24-15(18)22/h3-6H,2,7-9H2,1H3,(H,16,20)(H,17,21). The fourth-order valence-corrected chi connectivity index (χ4v) is 2.70. The van der Waals surface area contributed by atoms with Crippen molar-refractivity contribution < 1.29 is 23.9 Å². The second-order valence-electron chi connectivity index (χ2n) is 4.77. The number of nitrogens with one attached hydrogen (secondary N) is 2. The molecule has 0 aromatic heterocycles. The molecule has 1 aromatic rings. The molecule has 24 heavy (non-hydrogen) atoms. The van der Waals surface area contributed by atoms with Crippen molar-refractivity contribution in [2.45, 2.75) is 6.92 Å². The van der Waals surface area contributed by atoms with Crippen LogP contribution >= 0.6 is 11.8 Å². The van der Waals surface area contributed by atoms with Gasteiger partial charge in [0, 0.05) is 18.8 Å². The molecule has 0 aliphatic carbocycles. The van der Waals surface area contributed by atoms with Crippen LogP contribution in [-0.2, 0) is 14.4 Å². The second-order valence-corrected chi connectivity index (χ2v) is 5.69. The van der Waals surface area contributed by atoms with Crippen LogP contribution < -0.4 is 15.4 Å². The summed E-state index contributed by atoms with van der Waals surface area (Å²) < 4.78 is 5.28. The Hall–Kier alpha value is -2.55. The predicted octanol–water partition coefficient (Wildman–Crippen LogP) is 0.835. The number of anilines is 1. The first-order valence-corrected chi connectivity index (χ1v) is 8.29. The van der Waals surface area contributed by atoms with Crippen LogP contribution in [0.2, 0.25) is 0 Å². The Morgan fingerprint density at radius 2 is 1.92 bits per heavy atom. The lowest BCUT2D eigenvalue weighted by Gasteiger charge is -2.13. The quantitative estimate of drug-likeness (QED) is 0.736. The molecular weight excluding hydrogens is 334 g/mol. The van der Waals surface area contributed by atoms with E-state index in [1.807, 2.05) is 6.92 Å². The van der Waals surface area contributed by atoms with Crippen LogP contribution in [0, 0.1) is 0 Å². The number of ether oxygens (including phenoxy) is 1. The summed E-state index contributed by atoms with van der Waals surface area (Å²) >= 11 is 0.920. The first-order chi connectivity index (χ1) is 11.5. The molecule has 0 saturated carbocycles. The minimum Gasteiger partial charge on any atom is -0.494 e. The van der Waals surface area contributed by atoms with E-state index in [4.69, 9.17) is 4.74 Å². The molecule has 1 aromatic carbocycles. The summed E-state index contributed by atoms with van der Waals surface area (Å²) in [7, 11) is 0. The number of hydrogen-bond acceptors (Lipinski definition) is 6. The highest BCUT2D eigenvalue weighted by Crippen LogP contribution is 2.17. The molecule has 1 heterocycles. The Kier molecular flexibility index (Phi) is 6.19. The summed E-state index contributed by atoms with van der Waals surface area (Å²) in [5.41, 5.74) is 0.458. The van der Waals surface area contributed by atoms with E-state index < -0.39 is 11.8 Å². The highest BCUT2D eigenvalue weighted by Gasteiger charge is 2.29. The molecule has 0 spiro atoms. The maximum absolute atomic E-state index is 11.8. The molecule has 1 aliphatic heterocycles. The number of imide groups is 1. The third kappa shape index (κ3) is 4.72. The molecule has 0 bridgehead atoms. The van der Waals surface area contributed by atoms with Gasteiger partial charge in [0.2, 0.25) is 5.91 Å². The monoisotopic (exact) mass is 351 g/mol. The van der Waals surface area contributed by atoms with Gasteiger partial charge in [0.15, 0.2) is 0 Å². The van der Waals surface area contributed by atoms with Crippen molar-refractivity contribution in [3.05, 3.63) is 24.3 Å². The summed E-state index contributed by atoms with van der Waals surface area (Å²) in [5, 5.41) is 4.48. The summed E-state index contributed by atoms with van der Waals surface area (Å²) in [5.74, 6) is -1.18. The largest absolute Gasteiger partial charge is 0.494 e. The fraction of sp³-hybridized carbons (Fsp3) is 0.333. The van der Waals surface area contributed by atoms with Crippen LogP contribution in [0.25, 0.3) is 0 Å². The smallest absolute Gasteiger partial charge is 0.313 e. The van der Waals surface area contributed by atoms with Crippen molar-refractivity contribution in [1.29, 1.82) is 0 Å². The first-order valence-electron chi connectivity index (χ1n) is 7.30. The molecular formula is C15H17N3O5S. The first kappa shape index (κ1) is 17.8. The molecule has 1 aliphatic rings. The van der Waals surface area contributed by atoms with Crippen LogP contribution in [0.3, 0.4) is 0 Å². The lowest BCUT2D eigenvalue weighted by molar-refractivity contribution is -0.136. The maximum Gasteiger partial charge on any atom is 0.313 e. The number of benzene rings is 1. The number of nitrogens with zero attached hydrogens (tertiary/aromatic N) is 1. The molecule has 0 atom stereocenters. The van der Waals surface area contributed by atoms with E-state index in [1.165, 1.54) is 0 Å². The van der Waals surface area contributed by atoms with Crippen LogP contribution in [0.15, 0.2) is 24.3 Å². The minimum absolute atomic E-state index is 0.0214. The van der Waals surface area contributed by atoms with E-state index >= 15 is 0 Å². The van der Waals surface area contributed by atoms with Gasteiger partial charge in [-0.05, 0) is 31.2 Å². The molecule has 2 rings (SSSR count). The number of carbonyl (C=O) groups excluding carboxylic acids is 4. The highest BCUT2D eigenvalue weighted by molar-refractivity contribution is 8.14. The van der Waals surface area contributed by atoms with Crippen molar-refractivity contribution in [3.63, 3.8) is 0 Å². The van der Waals surface area contributed by atoms with E-state index in [9.17, 15) is 19.2 Å². The van der Waals surface area contributed by atoms with Crippen LogP contribution in [0.4, 0.5) is 10.5 Å². The number of carbonyl (C=O) groups is 4. The van der Waals surface area contributed by atoms with Gasteiger partial charge in [-0.15, -0.1) is 0 Å². The van der Waals surface area contributed by atoms with Crippen molar-refractivity contribution >= 4 is 40.4 Å². The van der Waals surface area contributed by atoms with Gasteiger partial charge in [-0.3, -0.25) is 24.1 Å². The van der Waals surface area contributed by atoms with E-state index in [0.717, 1.165) is 16.7 Å². The van der Waals surface area contributed by atoms with Gasteiger partial charge >= 0.3 is 11.8 Å². The molecule has 128 valence electrons. The highest BCUT2D eigenvalue weighted by atomic mass is 32.2. The van der Waals surface area contributed by atoms with Crippen LogP contribution in [0.5, 0.6) is 5.75 Å². The predicted molar refractivity (Wildman–Crippen MR) is 88.8 cm³/mol. The van der Waals surface area contributed by atoms with Crippen molar-refractivity contribution in [2.24, 2.45) is 0 Å². The van der Waals surface area contributed by atoms with Crippen LogP contribution in [0.1, 0.15) is 6.92 Å². The van der Waals surface area contributed by atoms with E-state index in [-0.39, 0.29) is 30.0 Å². The maximum atomic E-state index is 11.8. The Morgan fingerprint density at radius 1 is 1.21 bits per heavy atom. The van der Waals surface area contributed by atoms with Crippen molar-refractivity contribution in [1.82, 2.24) is 10.2 Å². The normalized spacial score (nSPS) is 13.8. The lowest BCUT2D eigenvalue weighted by atomic mass is 10.3. The van der Waals surface area contributed by atoms with E-state index in [0.29, 0.717) is 18.0 Å². The average molecular weight is 351 g/mol. The average Bonchev–Trinajstić information content (AvgIpc) is 2.88. The van der Waals surface area contributed by atoms with Gasteiger partial charge in [0.1, 0.15) is 5.75 Å². The van der Waals surface area contributed by atoms with E-state index in [2.05, 4.69) is 10.6 Å². The zero-order valence-electron chi connectivity index (χ0n) is 13.0. The van der Waals surface area contributed by atoms with Crippen molar-refractivity contribution in [2.75, 3.05) is 30.8 Å². The summed E-state index contributed by atoms with van der Waals surface area (Å²) in [6.07, 6.45) is 0. The summed E-state index contributed by atoms with van der Waals surface area (Å²) in [4.78, 5) is 47.3. The van der Waals surface area contributed by atoms with Crippen LogP contribution in [-0.4, -0.2) is 53.3 Å². The van der Waals surface area contributed by atoms with Gasteiger partial charge < -0.3 is 15.4 Å². The van der Waals surface area contributed by atoms with Gasteiger partial charge in [0.25, 0.3) is 5.24 Å². The molecule has 1 fully saturated rings. The third-order valence-electron chi connectivity index (χ3n) is 3.09. The van der Waals surface area contributed by atoms with Gasteiger partial charge in [-0.1, -0.05) is 11.8 Å². The number of rotatable bonds is 6. The molecule has 2 N–H and O–H groups in total. The molecule has 8 nitrogen and oxygen atoms in total. The number of thioether (sulfide) groups is 1. The van der Waals surface area contributed by atoms with Crippen molar-refractivity contribution in [3.8, 4) is 5.75 Å². The molecule has 1 saturated heterocycles. The van der Waals surface area contributed by atoms with E-state index in [1.54, 1.807) is 24.3 Å². The Bertz CT molecular complexity index is 631. The Morgan fingerprint density at radius 3 is 2.50 bits per heavy atom. The molecule has 0 radical (unpaired) electrons. The number of amides is 4. The van der Waals surface area contributed by atoms with Gasteiger partial charge in [-0.25, -0.2) is 0 Å². The second kappa shape index (κ2) is 8.34. The lowest BCUT2D eigenvalue weighted by Crippen LogP contribution is -2.41. The molecule has 9 heteroatoms. The van der Waals surface area contributed by atoms with Gasteiger partial charge in [-0.2, -0.15) is 0 Å². The topological polar surface area (TPSA) is 105 Å². The fourth-order valence-electron chi connectivity index (χ4n) is 1.95. The number of hydrogen-bond donors (Lipinski definition) is 2. The molecule has 0 unspecified atom stereocenters. The zero-order chi connectivity index (χ0) is 17.5. The third-order valence-corrected chi connectivity index (χ3v) is 3.95. The summed E-state index contributed by atoms with van der Waals surface area (Å²) in [6.45, 7) is 2.47. The van der Waals surface area contributed by atoms with Gasteiger partial charge in [0.05, 0.1) is 12.4 Å². The minimum atomic E-state index is -0.837. The zero-order valence-corrected chi connectivity index (χ0v) is 13.9. The summed E-state index contributed by atoms with van der Waals surface area (Å²) in [6, 6.07) is 6.60. The molecule has 4 amide bonds.